The van der Waals surface area contributed by atoms with Crippen LogP contribution in [0.3, 0.4) is 0 Å². The van der Waals surface area contributed by atoms with Gasteiger partial charge in [0.15, 0.2) is 5.13 Å². The molecule has 2 aromatic rings. The summed E-state index contributed by atoms with van der Waals surface area (Å²) in [5.41, 5.74) is 0.168. The first-order valence-electron chi connectivity index (χ1n) is 9.23. The van der Waals surface area contributed by atoms with Crippen molar-refractivity contribution in [3.8, 4) is 0 Å². The van der Waals surface area contributed by atoms with Crippen molar-refractivity contribution < 1.29 is 21.6 Å². The van der Waals surface area contributed by atoms with Crippen LogP contribution < -0.4 is 10.0 Å². The number of rotatable bonds is 6. The van der Waals surface area contributed by atoms with Gasteiger partial charge in [0.1, 0.15) is 10.7 Å². The van der Waals surface area contributed by atoms with Gasteiger partial charge in [-0.05, 0) is 39.1 Å². The van der Waals surface area contributed by atoms with E-state index >= 15 is 0 Å². The second-order valence-electron chi connectivity index (χ2n) is 7.85. The number of anilines is 2. The maximum atomic E-state index is 14.7. The number of hydrogen-bond donors (Lipinski definition) is 2. The van der Waals surface area contributed by atoms with Crippen molar-refractivity contribution in [2.75, 3.05) is 24.1 Å². The molecule has 1 aromatic heterocycles. The highest BCUT2D eigenvalue weighted by Gasteiger charge is 2.70. The van der Waals surface area contributed by atoms with Crippen molar-refractivity contribution >= 4 is 43.8 Å². The molecule has 1 heterocycles. The van der Waals surface area contributed by atoms with Crippen LogP contribution in [0.25, 0.3) is 0 Å². The second-order valence-corrected chi connectivity index (χ2v) is 10.8. The maximum Gasteiger partial charge on any atom is 0.266 e. The van der Waals surface area contributed by atoms with Crippen LogP contribution in [0.4, 0.5) is 24.0 Å². The lowest BCUT2D eigenvalue weighted by Gasteiger charge is -2.36. The van der Waals surface area contributed by atoms with Crippen LogP contribution in [0.1, 0.15) is 12.8 Å². The predicted octanol–water partition coefficient (Wildman–Crippen LogP) is 4.12. The molecule has 2 N–H and O–H groups in total. The van der Waals surface area contributed by atoms with Crippen LogP contribution in [-0.4, -0.2) is 50.4 Å². The summed E-state index contributed by atoms with van der Waals surface area (Å²) in [7, 11) is -0.609. The Morgan fingerprint density at radius 2 is 1.97 bits per heavy atom. The quantitative estimate of drug-likeness (QED) is 0.650. The standard InChI is InChI=1S/C18H20ClF3N4O2S2/c1-26(2)15-6-10-9(18(10,21)22)5-14(15)24-13-8-12(20)16(7-11(13)19)30(27,28)25-17-23-3-4-29-17/h3-4,7-10,14-15,24H,5-6H2,1-2H3,(H,23,25)/t9-,10+,14-,15-/m0/s1. The number of alkyl halides is 2. The summed E-state index contributed by atoms with van der Waals surface area (Å²) >= 11 is 7.30. The number of fused-ring (bicyclic) bond motifs is 1. The number of sulfonamides is 1. The van der Waals surface area contributed by atoms with E-state index in [1.54, 1.807) is 5.38 Å². The molecule has 2 fully saturated rings. The molecule has 0 aliphatic heterocycles. The van der Waals surface area contributed by atoms with Crippen molar-refractivity contribution in [3.05, 3.63) is 34.5 Å². The topological polar surface area (TPSA) is 74.3 Å². The molecule has 0 radical (unpaired) electrons. The third-order valence-corrected chi connectivity index (χ3v) is 8.29. The summed E-state index contributed by atoms with van der Waals surface area (Å²) in [6, 6.07) is 1.44. The minimum absolute atomic E-state index is 0.0156. The van der Waals surface area contributed by atoms with Gasteiger partial charge < -0.3 is 10.2 Å². The largest absolute Gasteiger partial charge is 0.379 e. The van der Waals surface area contributed by atoms with Crippen LogP contribution in [0.2, 0.25) is 5.02 Å². The third-order valence-electron chi connectivity index (χ3n) is 5.80. The van der Waals surface area contributed by atoms with Crippen LogP contribution in [0.5, 0.6) is 0 Å². The lowest BCUT2D eigenvalue weighted by Crippen LogP contribution is -2.46. The Bertz CT molecular complexity index is 1050. The highest BCUT2D eigenvalue weighted by molar-refractivity contribution is 7.93. The van der Waals surface area contributed by atoms with Gasteiger partial charge in [0.25, 0.3) is 15.9 Å². The van der Waals surface area contributed by atoms with Crippen molar-refractivity contribution in [1.29, 1.82) is 0 Å². The summed E-state index contributed by atoms with van der Waals surface area (Å²) in [4.78, 5) is 5.06. The molecule has 6 nitrogen and oxygen atoms in total. The van der Waals surface area contributed by atoms with Crippen LogP contribution in [-0.2, 0) is 10.0 Å². The second kappa shape index (κ2) is 7.54. The van der Waals surface area contributed by atoms with E-state index in [0.29, 0.717) is 6.42 Å². The average molecular weight is 481 g/mol. The van der Waals surface area contributed by atoms with E-state index in [9.17, 15) is 21.6 Å². The molecule has 0 amide bonds. The Morgan fingerprint density at radius 1 is 1.27 bits per heavy atom. The van der Waals surface area contributed by atoms with Crippen molar-refractivity contribution in [2.45, 2.75) is 35.7 Å². The molecule has 4 rings (SSSR count). The smallest absolute Gasteiger partial charge is 0.266 e. The number of nitrogens with zero attached hydrogens (tertiary/aromatic N) is 2. The summed E-state index contributed by atoms with van der Waals surface area (Å²) < 4.78 is 69.7. The van der Waals surface area contributed by atoms with Gasteiger partial charge in [0.05, 0.1) is 10.7 Å². The lowest BCUT2D eigenvalue weighted by molar-refractivity contribution is 0.0837. The highest BCUT2D eigenvalue weighted by atomic mass is 35.5. The zero-order chi connectivity index (χ0) is 21.8. The lowest BCUT2D eigenvalue weighted by atomic mass is 9.89. The van der Waals surface area contributed by atoms with Gasteiger partial charge in [-0.3, -0.25) is 4.72 Å². The SMILES string of the molecule is CN(C)[C@H]1C[C@@H]2[C@H](C[C@@H]1Nc1cc(F)c(S(=O)(=O)Nc3nccs3)cc1Cl)C2(F)F. The Kier molecular flexibility index (Phi) is 5.44. The molecule has 4 atom stereocenters. The number of thiazole rings is 1. The fourth-order valence-electron chi connectivity index (χ4n) is 4.17. The molecular formula is C18H20ClF3N4O2S2. The van der Waals surface area contributed by atoms with E-state index in [-0.39, 0.29) is 34.3 Å². The van der Waals surface area contributed by atoms with Gasteiger partial charge in [-0.1, -0.05) is 11.6 Å². The average Bonchev–Trinajstić information content (AvgIpc) is 2.97. The Morgan fingerprint density at radius 3 is 2.60 bits per heavy atom. The van der Waals surface area contributed by atoms with E-state index < -0.39 is 38.5 Å². The summed E-state index contributed by atoms with van der Waals surface area (Å²) in [5, 5.41) is 4.73. The van der Waals surface area contributed by atoms with Crippen LogP contribution >= 0.6 is 22.9 Å². The first-order chi connectivity index (χ1) is 14.0. The normalized spacial score (nSPS) is 27.6. The molecule has 0 unspecified atom stereocenters. The van der Waals surface area contributed by atoms with Gasteiger partial charge >= 0.3 is 0 Å². The summed E-state index contributed by atoms with van der Waals surface area (Å²) in [6.07, 6.45) is 1.97. The fraction of sp³-hybridized carbons (Fsp3) is 0.500. The zero-order valence-corrected chi connectivity index (χ0v) is 18.5. The van der Waals surface area contributed by atoms with Crippen LogP contribution in [0, 0.1) is 17.7 Å². The molecule has 0 saturated heterocycles. The van der Waals surface area contributed by atoms with Gasteiger partial charge in [-0.25, -0.2) is 26.6 Å². The minimum atomic E-state index is -4.22. The van der Waals surface area contributed by atoms with Gasteiger partial charge in [-0.2, -0.15) is 0 Å². The first-order valence-corrected chi connectivity index (χ1v) is 12.0. The van der Waals surface area contributed by atoms with Gasteiger partial charge in [-0.15, -0.1) is 11.3 Å². The molecule has 0 bridgehead atoms. The Hall–Kier alpha value is -1.56. The summed E-state index contributed by atoms with van der Waals surface area (Å²) in [6.45, 7) is 0. The van der Waals surface area contributed by atoms with Gasteiger partial charge in [0.2, 0.25) is 0 Å². The monoisotopic (exact) mass is 480 g/mol. The van der Waals surface area contributed by atoms with Crippen molar-refractivity contribution in [2.24, 2.45) is 11.8 Å². The summed E-state index contributed by atoms with van der Waals surface area (Å²) in [5.74, 6) is -4.99. The van der Waals surface area contributed by atoms with E-state index in [0.717, 1.165) is 23.5 Å². The number of benzene rings is 1. The fourth-order valence-corrected chi connectivity index (χ4v) is 6.33. The predicted molar refractivity (Wildman–Crippen MR) is 110 cm³/mol. The molecule has 30 heavy (non-hydrogen) atoms. The Balaban J connectivity index is 1.57. The zero-order valence-electron chi connectivity index (χ0n) is 16.1. The molecule has 164 valence electrons. The highest BCUT2D eigenvalue weighted by Crippen LogP contribution is 2.62. The first kappa shape index (κ1) is 21.7. The van der Waals surface area contributed by atoms with E-state index in [1.165, 1.54) is 6.20 Å². The maximum absolute atomic E-state index is 14.7. The Labute approximate surface area is 181 Å². The molecule has 0 spiro atoms. The molecule has 12 heteroatoms. The van der Waals surface area contributed by atoms with Gasteiger partial charge in [0, 0.05) is 35.5 Å². The molecule has 1 aromatic carbocycles. The molecule has 2 aliphatic carbocycles. The molecule has 2 saturated carbocycles. The van der Waals surface area contributed by atoms with Crippen molar-refractivity contribution in [1.82, 2.24) is 9.88 Å². The van der Waals surface area contributed by atoms with E-state index in [2.05, 4.69) is 15.0 Å². The molecule has 2 aliphatic rings. The number of halogens is 4. The van der Waals surface area contributed by atoms with E-state index in [1.807, 2.05) is 19.0 Å². The minimum Gasteiger partial charge on any atom is -0.379 e. The van der Waals surface area contributed by atoms with Crippen LogP contribution in [0.15, 0.2) is 28.6 Å². The van der Waals surface area contributed by atoms with E-state index in [4.69, 9.17) is 11.6 Å². The number of nitrogens with one attached hydrogen (secondary N) is 2. The number of hydrogen-bond acceptors (Lipinski definition) is 6. The number of aromatic nitrogens is 1. The number of likely N-dealkylation sites (N-methyl/N-ethyl adjacent to an activating group) is 1. The third kappa shape index (κ3) is 3.88. The van der Waals surface area contributed by atoms with Crippen molar-refractivity contribution in [3.63, 3.8) is 0 Å². The molecular weight excluding hydrogens is 461 g/mol.